The molecular weight excluding hydrogens is 663 g/mol. The van der Waals surface area contributed by atoms with E-state index in [1.54, 1.807) is 0 Å². The predicted molar refractivity (Wildman–Crippen MR) is 147 cm³/mol. The van der Waals surface area contributed by atoms with Crippen LogP contribution in [0.3, 0.4) is 0 Å². The van der Waals surface area contributed by atoms with Crippen molar-refractivity contribution in [2.24, 2.45) is 0 Å². The molecule has 0 aromatic heterocycles. The summed E-state index contributed by atoms with van der Waals surface area (Å²) in [4.78, 5) is 1.09. The number of rotatable bonds is 6. The Morgan fingerprint density at radius 2 is 0.625 bits per heavy atom. The number of nitrogens with one attached hydrogen (secondary N) is 2. The molecule has 32 heavy (non-hydrogen) atoms. The van der Waals surface area contributed by atoms with Crippen molar-refractivity contribution in [2.75, 3.05) is 0 Å². The van der Waals surface area contributed by atoms with Crippen LogP contribution < -0.4 is 9.44 Å². The van der Waals surface area contributed by atoms with Gasteiger partial charge in [0, 0.05) is 12.1 Å². The summed E-state index contributed by atoms with van der Waals surface area (Å²) in [5.41, 5.74) is 0. The molecule has 176 valence electrons. The molecule has 14 heteroatoms. The van der Waals surface area contributed by atoms with E-state index in [9.17, 15) is 0 Å². The Bertz CT molecular complexity index is 888. The highest BCUT2D eigenvalue weighted by Gasteiger charge is 2.25. The average molecular weight is 675 g/mol. The molecule has 2 aromatic carbocycles. The molecular formula is C18H12Cl10N2S2. The minimum Gasteiger partial charge on any atom is -0.257 e. The van der Waals surface area contributed by atoms with Gasteiger partial charge >= 0.3 is 0 Å². The van der Waals surface area contributed by atoms with Crippen LogP contribution in [0.2, 0.25) is 50.2 Å². The molecule has 2 aromatic rings. The lowest BCUT2D eigenvalue weighted by atomic mass is 9.92. The lowest BCUT2D eigenvalue weighted by Gasteiger charge is -2.29. The van der Waals surface area contributed by atoms with Crippen molar-refractivity contribution < 1.29 is 0 Å². The Balaban J connectivity index is 1.55. The smallest absolute Gasteiger partial charge is 0.0809 e. The van der Waals surface area contributed by atoms with Crippen LogP contribution in [0.15, 0.2) is 9.79 Å². The fourth-order valence-electron chi connectivity index (χ4n) is 2.96. The van der Waals surface area contributed by atoms with Crippen molar-refractivity contribution in [2.45, 2.75) is 47.6 Å². The molecule has 1 fully saturated rings. The summed E-state index contributed by atoms with van der Waals surface area (Å²) < 4.78 is 6.78. The van der Waals surface area contributed by atoms with Gasteiger partial charge in [0.2, 0.25) is 0 Å². The van der Waals surface area contributed by atoms with Crippen LogP contribution in [-0.2, 0) is 0 Å². The van der Waals surface area contributed by atoms with Gasteiger partial charge in [-0.05, 0) is 49.6 Å². The van der Waals surface area contributed by atoms with Gasteiger partial charge in [0.25, 0.3) is 0 Å². The number of hydrogen-bond donors (Lipinski definition) is 2. The second kappa shape index (κ2) is 12.5. The van der Waals surface area contributed by atoms with E-state index < -0.39 is 0 Å². The Morgan fingerprint density at radius 1 is 0.406 bits per heavy atom. The first-order valence-electron chi connectivity index (χ1n) is 8.92. The SMILES string of the molecule is Clc1c(Cl)c(Cl)c(SNC2CCC(NSc3c(Cl)c(Cl)c(Cl)c(Cl)c3Cl)CC2)c(Cl)c1Cl. The van der Waals surface area contributed by atoms with E-state index in [1.807, 2.05) is 0 Å². The van der Waals surface area contributed by atoms with Crippen molar-refractivity contribution >= 4 is 140 Å². The third-order valence-electron chi connectivity index (χ3n) is 4.72. The van der Waals surface area contributed by atoms with Gasteiger partial charge in [0.1, 0.15) is 0 Å². The van der Waals surface area contributed by atoms with E-state index >= 15 is 0 Å². The van der Waals surface area contributed by atoms with Crippen LogP contribution in [0.4, 0.5) is 0 Å². The zero-order valence-corrected chi connectivity index (χ0v) is 24.8. The summed E-state index contributed by atoms with van der Waals surface area (Å²) in [6.45, 7) is 0. The average Bonchev–Trinajstić information content (AvgIpc) is 2.79. The van der Waals surface area contributed by atoms with Gasteiger partial charge in [-0.25, -0.2) is 0 Å². The summed E-state index contributed by atoms with van der Waals surface area (Å²) in [5, 5.41) is 2.06. The maximum absolute atomic E-state index is 6.29. The number of benzene rings is 2. The summed E-state index contributed by atoms with van der Waals surface area (Å²) in [5.74, 6) is 0. The summed E-state index contributed by atoms with van der Waals surface area (Å²) >= 11 is 64.4. The van der Waals surface area contributed by atoms with Crippen LogP contribution >= 0.6 is 140 Å². The van der Waals surface area contributed by atoms with Gasteiger partial charge < -0.3 is 0 Å². The monoisotopic (exact) mass is 670 g/mol. The molecule has 0 heterocycles. The molecule has 0 aliphatic heterocycles. The van der Waals surface area contributed by atoms with Crippen LogP contribution in [-0.4, -0.2) is 12.1 Å². The second-order valence-corrected chi connectivity index (χ2v) is 12.3. The fraction of sp³-hybridized carbons (Fsp3) is 0.333. The zero-order valence-electron chi connectivity index (χ0n) is 15.6. The van der Waals surface area contributed by atoms with Crippen molar-refractivity contribution in [3.63, 3.8) is 0 Å². The molecule has 0 bridgehead atoms. The van der Waals surface area contributed by atoms with E-state index in [1.165, 1.54) is 23.9 Å². The summed E-state index contributed by atoms with van der Waals surface area (Å²) in [7, 11) is 0. The molecule has 0 amide bonds. The molecule has 0 atom stereocenters. The van der Waals surface area contributed by atoms with Crippen LogP contribution in [0.25, 0.3) is 0 Å². The van der Waals surface area contributed by atoms with Gasteiger partial charge in [0.05, 0.1) is 60.0 Å². The highest BCUT2D eigenvalue weighted by Crippen LogP contribution is 2.48. The first kappa shape index (κ1) is 28.5. The number of hydrogen-bond acceptors (Lipinski definition) is 4. The summed E-state index contributed by atoms with van der Waals surface area (Å²) in [6, 6.07) is 0.491. The molecule has 0 radical (unpaired) electrons. The Labute approximate surface area is 244 Å². The van der Waals surface area contributed by atoms with Crippen LogP contribution in [0.5, 0.6) is 0 Å². The Morgan fingerprint density at radius 3 is 0.875 bits per heavy atom. The quantitative estimate of drug-likeness (QED) is 0.181. The largest absolute Gasteiger partial charge is 0.257 e. The van der Waals surface area contributed by atoms with Gasteiger partial charge in [-0.3, -0.25) is 9.44 Å². The van der Waals surface area contributed by atoms with E-state index in [0.717, 1.165) is 25.7 Å². The van der Waals surface area contributed by atoms with Crippen molar-refractivity contribution in [1.29, 1.82) is 0 Å². The maximum atomic E-state index is 6.29. The van der Waals surface area contributed by atoms with Gasteiger partial charge in [-0.15, -0.1) is 0 Å². The second-order valence-electron chi connectivity index (χ2n) is 6.79. The topological polar surface area (TPSA) is 24.1 Å². The highest BCUT2D eigenvalue weighted by atomic mass is 35.5. The molecule has 2 N–H and O–H groups in total. The predicted octanol–water partition coefficient (Wildman–Crippen LogP) is 11.4. The molecule has 0 saturated heterocycles. The third-order valence-corrected chi connectivity index (χ3v) is 11.9. The molecule has 0 unspecified atom stereocenters. The molecule has 1 aliphatic carbocycles. The minimum atomic E-state index is 0.139. The van der Waals surface area contributed by atoms with E-state index in [2.05, 4.69) is 9.44 Å². The molecule has 2 nitrogen and oxygen atoms in total. The van der Waals surface area contributed by atoms with Gasteiger partial charge in [0.15, 0.2) is 0 Å². The fourth-order valence-corrected chi connectivity index (χ4v) is 7.73. The third kappa shape index (κ3) is 6.26. The van der Waals surface area contributed by atoms with Crippen LogP contribution in [0.1, 0.15) is 25.7 Å². The normalized spacial score (nSPS) is 18.9. The van der Waals surface area contributed by atoms with Crippen molar-refractivity contribution in [1.82, 2.24) is 9.44 Å². The first-order chi connectivity index (χ1) is 15.0. The van der Waals surface area contributed by atoms with E-state index in [0.29, 0.717) is 9.79 Å². The maximum Gasteiger partial charge on any atom is 0.0809 e. The molecule has 1 saturated carbocycles. The molecule has 1 aliphatic rings. The van der Waals surface area contributed by atoms with Gasteiger partial charge in [-0.2, -0.15) is 0 Å². The van der Waals surface area contributed by atoms with Crippen molar-refractivity contribution in [3.8, 4) is 0 Å². The molecule has 0 spiro atoms. The summed E-state index contributed by atoms with van der Waals surface area (Å²) in [6.07, 6.45) is 3.66. The highest BCUT2D eigenvalue weighted by molar-refractivity contribution is 7.98. The van der Waals surface area contributed by atoms with E-state index in [4.69, 9.17) is 116 Å². The standard InChI is InChI=1S/C18H12Cl10N2S2/c19-7-9(21)13(25)17(14(26)10(7)22)31-29-5-1-2-6(4-3-5)30-32-18-15(27)11(23)8(20)12(24)16(18)28/h5-6,29-30H,1-4H2. The first-order valence-corrected chi connectivity index (χ1v) is 14.3. The zero-order chi connectivity index (χ0) is 23.7. The lowest BCUT2D eigenvalue weighted by molar-refractivity contribution is 0.368. The van der Waals surface area contributed by atoms with Crippen molar-refractivity contribution in [3.05, 3.63) is 50.2 Å². The van der Waals surface area contributed by atoms with Gasteiger partial charge in [-0.1, -0.05) is 116 Å². The minimum absolute atomic E-state index is 0.139. The Kier molecular flexibility index (Phi) is 11.1. The Hall–Kier alpha value is 1.96. The molecule has 3 rings (SSSR count). The number of halogens is 10. The lowest BCUT2D eigenvalue weighted by Crippen LogP contribution is -2.35. The van der Waals surface area contributed by atoms with E-state index in [-0.39, 0.29) is 62.3 Å². The van der Waals surface area contributed by atoms with Crippen LogP contribution in [0, 0.1) is 0 Å².